The molecule has 0 aliphatic heterocycles. The Morgan fingerprint density at radius 3 is 2.11 bits per heavy atom. The first-order valence-electron chi connectivity index (χ1n) is 8.80. The van der Waals surface area contributed by atoms with E-state index in [1.54, 1.807) is 13.8 Å². The van der Waals surface area contributed by atoms with Gasteiger partial charge >= 0.3 is 5.97 Å². The smallest absolute Gasteiger partial charge is 0.322 e. The molecular formula is C16H31N5O6. The van der Waals surface area contributed by atoms with Crippen LogP contribution in [0.1, 0.15) is 33.1 Å². The summed E-state index contributed by atoms with van der Waals surface area (Å²) < 4.78 is 0. The maximum atomic E-state index is 12.3. The molecule has 3 amide bonds. The van der Waals surface area contributed by atoms with Gasteiger partial charge in [-0.3, -0.25) is 19.2 Å². The topological polar surface area (TPSA) is 197 Å². The van der Waals surface area contributed by atoms with Gasteiger partial charge in [0, 0.05) is 0 Å². The predicted molar refractivity (Wildman–Crippen MR) is 97.3 cm³/mol. The third-order valence-corrected chi connectivity index (χ3v) is 3.78. The van der Waals surface area contributed by atoms with Crippen molar-refractivity contribution in [3.63, 3.8) is 0 Å². The Morgan fingerprint density at radius 2 is 1.63 bits per heavy atom. The molecule has 0 aromatic carbocycles. The Labute approximate surface area is 158 Å². The van der Waals surface area contributed by atoms with Gasteiger partial charge in [0.25, 0.3) is 0 Å². The number of carboxylic acids is 1. The highest BCUT2D eigenvalue weighted by molar-refractivity contribution is 5.93. The SMILES string of the molecule is CC(C)C(NC(=O)C(CO)NC(=O)C(N)CCCCN)C(=O)NCC(=O)O. The van der Waals surface area contributed by atoms with Gasteiger partial charge in [0.15, 0.2) is 0 Å². The van der Waals surface area contributed by atoms with Crippen molar-refractivity contribution in [1.82, 2.24) is 16.0 Å². The fourth-order valence-corrected chi connectivity index (χ4v) is 2.17. The molecule has 0 saturated heterocycles. The van der Waals surface area contributed by atoms with Gasteiger partial charge in [0.2, 0.25) is 17.7 Å². The first-order valence-corrected chi connectivity index (χ1v) is 8.80. The molecule has 9 N–H and O–H groups in total. The number of unbranched alkanes of at least 4 members (excludes halogenated alkanes) is 1. The molecule has 0 heterocycles. The summed E-state index contributed by atoms with van der Waals surface area (Å²) in [6, 6.07) is -3.16. The Kier molecular flexibility index (Phi) is 11.9. The van der Waals surface area contributed by atoms with E-state index in [4.69, 9.17) is 16.6 Å². The van der Waals surface area contributed by atoms with Crippen LogP contribution in [-0.2, 0) is 19.2 Å². The molecule has 0 aromatic rings. The van der Waals surface area contributed by atoms with E-state index in [-0.39, 0.29) is 5.92 Å². The predicted octanol–water partition coefficient (Wildman–Crippen LogP) is -2.74. The number of carboxylic acid groups (broad SMARTS) is 1. The van der Waals surface area contributed by atoms with Crippen molar-refractivity contribution in [3.05, 3.63) is 0 Å². The summed E-state index contributed by atoms with van der Waals surface area (Å²) in [5, 5.41) is 24.9. The number of hydrogen-bond donors (Lipinski definition) is 7. The monoisotopic (exact) mass is 389 g/mol. The van der Waals surface area contributed by atoms with Crippen molar-refractivity contribution in [2.45, 2.75) is 51.2 Å². The fourth-order valence-electron chi connectivity index (χ4n) is 2.17. The van der Waals surface area contributed by atoms with Crippen LogP contribution in [0.15, 0.2) is 0 Å². The fraction of sp³-hybridized carbons (Fsp3) is 0.750. The Balaban J connectivity index is 4.80. The van der Waals surface area contributed by atoms with Gasteiger partial charge in [-0.2, -0.15) is 0 Å². The Bertz CT molecular complexity index is 514. The lowest BCUT2D eigenvalue weighted by Crippen LogP contribution is -2.58. The zero-order valence-electron chi connectivity index (χ0n) is 15.7. The van der Waals surface area contributed by atoms with E-state index in [9.17, 15) is 24.3 Å². The number of aliphatic hydroxyl groups excluding tert-OH is 1. The second kappa shape index (κ2) is 13.0. The van der Waals surface area contributed by atoms with E-state index in [0.717, 1.165) is 0 Å². The van der Waals surface area contributed by atoms with E-state index in [0.29, 0.717) is 25.8 Å². The molecule has 0 rings (SSSR count). The summed E-state index contributed by atoms with van der Waals surface area (Å²) in [7, 11) is 0. The van der Waals surface area contributed by atoms with Gasteiger partial charge in [-0.25, -0.2) is 0 Å². The lowest BCUT2D eigenvalue weighted by atomic mass is 10.0. The average molecular weight is 389 g/mol. The molecule has 0 fully saturated rings. The van der Waals surface area contributed by atoms with Crippen LogP contribution in [0.4, 0.5) is 0 Å². The highest BCUT2D eigenvalue weighted by Gasteiger charge is 2.29. The average Bonchev–Trinajstić information content (AvgIpc) is 2.61. The summed E-state index contributed by atoms with van der Waals surface area (Å²) in [5.41, 5.74) is 11.1. The maximum absolute atomic E-state index is 12.3. The zero-order chi connectivity index (χ0) is 21.0. The van der Waals surface area contributed by atoms with E-state index >= 15 is 0 Å². The number of rotatable bonds is 13. The highest BCUT2D eigenvalue weighted by Crippen LogP contribution is 2.03. The number of carbonyl (C=O) groups is 4. The van der Waals surface area contributed by atoms with Crippen molar-refractivity contribution >= 4 is 23.7 Å². The van der Waals surface area contributed by atoms with Gasteiger partial charge in [0.05, 0.1) is 12.6 Å². The van der Waals surface area contributed by atoms with Crippen LogP contribution in [0.5, 0.6) is 0 Å². The van der Waals surface area contributed by atoms with Crippen molar-refractivity contribution < 1.29 is 29.4 Å². The summed E-state index contributed by atoms with van der Waals surface area (Å²) in [5.74, 6) is -3.62. The molecule has 0 aliphatic carbocycles. The van der Waals surface area contributed by atoms with Crippen molar-refractivity contribution in [3.8, 4) is 0 Å². The summed E-state index contributed by atoms with van der Waals surface area (Å²) in [6.07, 6.45) is 1.75. The standard InChI is InChI=1S/C16H31N5O6/c1-9(2)13(16(27)19-7-12(23)24)21-15(26)11(8-22)20-14(25)10(18)5-3-4-6-17/h9-11,13,22H,3-8,17-18H2,1-2H3,(H,19,27)(H,20,25)(H,21,26)(H,23,24). The number of nitrogens with one attached hydrogen (secondary N) is 3. The van der Waals surface area contributed by atoms with Gasteiger partial charge in [-0.15, -0.1) is 0 Å². The van der Waals surface area contributed by atoms with Crippen LogP contribution in [0.25, 0.3) is 0 Å². The molecule has 27 heavy (non-hydrogen) atoms. The molecule has 3 unspecified atom stereocenters. The molecule has 0 aliphatic rings. The maximum Gasteiger partial charge on any atom is 0.322 e. The quantitative estimate of drug-likeness (QED) is 0.165. The second-order valence-corrected chi connectivity index (χ2v) is 6.48. The first kappa shape index (κ1) is 24.8. The summed E-state index contributed by atoms with van der Waals surface area (Å²) in [4.78, 5) is 46.9. The molecular weight excluding hydrogens is 358 g/mol. The van der Waals surface area contributed by atoms with Crippen molar-refractivity contribution in [2.75, 3.05) is 19.7 Å². The minimum Gasteiger partial charge on any atom is -0.480 e. The summed E-state index contributed by atoms with van der Waals surface area (Å²) >= 11 is 0. The number of carbonyl (C=O) groups excluding carboxylic acids is 3. The van der Waals surface area contributed by atoms with Gasteiger partial charge in [-0.05, 0) is 25.3 Å². The summed E-state index contributed by atoms with van der Waals surface area (Å²) in [6.45, 7) is 2.53. The number of hydrogen-bond acceptors (Lipinski definition) is 7. The number of aliphatic hydroxyl groups is 1. The molecule has 3 atom stereocenters. The number of nitrogens with two attached hydrogens (primary N) is 2. The molecule has 0 bridgehead atoms. The number of aliphatic carboxylic acids is 1. The third-order valence-electron chi connectivity index (χ3n) is 3.78. The largest absolute Gasteiger partial charge is 0.480 e. The lowest BCUT2D eigenvalue weighted by Gasteiger charge is -2.25. The van der Waals surface area contributed by atoms with Crippen LogP contribution in [-0.4, -0.2) is 71.7 Å². The van der Waals surface area contributed by atoms with Crippen LogP contribution in [0.3, 0.4) is 0 Å². The molecule has 0 spiro atoms. The van der Waals surface area contributed by atoms with Crippen LogP contribution < -0.4 is 27.4 Å². The van der Waals surface area contributed by atoms with E-state index in [1.165, 1.54) is 0 Å². The lowest BCUT2D eigenvalue weighted by molar-refractivity contribution is -0.139. The normalized spacial score (nSPS) is 14.1. The van der Waals surface area contributed by atoms with Gasteiger partial charge < -0.3 is 37.6 Å². The third kappa shape index (κ3) is 9.87. The van der Waals surface area contributed by atoms with E-state index in [2.05, 4.69) is 16.0 Å². The molecule has 0 saturated carbocycles. The second-order valence-electron chi connectivity index (χ2n) is 6.48. The molecule has 11 nitrogen and oxygen atoms in total. The van der Waals surface area contributed by atoms with Crippen molar-refractivity contribution in [1.29, 1.82) is 0 Å². The molecule has 156 valence electrons. The van der Waals surface area contributed by atoms with Crippen LogP contribution >= 0.6 is 0 Å². The Hall–Kier alpha value is -2.24. The minimum absolute atomic E-state index is 0.351. The minimum atomic E-state index is -1.29. The Morgan fingerprint density at radius 1 is 1.00 bits per heavy atom. The molecule has 11 heteroatoms. The van der Waals surface area contributed by atoms with Crippen LogP contribution in [0.2, 0.25) is 0 Å². The van der Waals surface area contributed by atoms with E-state index in [1.807, 2.05) is 0 Å². The zero-order valence-corrected chi connectivity index (χ0v) is 15.7. The number of amides is 3. The van der Waals surface area contributed by atoms with Gasteiger partial charge in [0.1, 0.15) is 18.6 Å². The first-order chi connectivity index (χ1) is 12.6. The molecule has 0 radical (unpaired) electrons. The molecule has 0 aromatic heterocycles. The highest BCUT2D eigenvalue weighted by atomic mass is 16.4. The van der Waals surface area contributed by atoms with Gasteiger partial charge in [-0.1, -0.05) is 20.3 Å². The van der Waals surface area contributed by atoms with Crippen molar-refractivity contribution in [2.24, 2.45) is 17.4 Å². The van der Waals surface area contributed by atoms with Crippen LogP contribution in [0, 0.1) is 5.92 Å². The van der Waals surface area contributed by atoms with E-state index < -0.39 is 55.0 Å².